The third-order valence-corrected chi connectivity index (χ3v) is 6.08. The SMILES string of the molecule is COc1cc([C@@H]2c3cc(-c4ccccc4)ccc3C[C@H](CO)[C@H]2CO)ccc1F. The molecule has 29 heavy (non-hydrogen) atoms. The van der Waals surface area contributed by atoms with Crippen molar-refractivity contribution in [3.8, 4) is 16.9 Å². The van der Waals surface area contributed by atoms with E-state index in [1.54, 1.807) is 12.1 Å². The van der Waals surface area contributed by atoms with Crippen LogP contribution in [0.3, 0.4) is 0 Å². The molecule has 1 aliphatic rings. The summed E-state index contributed by atoms with van der Waals surface area (Å²) in [6, 6.07) is 21.4. The third-order valence-electron chi connectivity index (χ3n) is 6.08. The van der Waals surface area contributed by atoms with Crippen LogP contribution in [0.25, 0.3) is 11.1 Å². The first-order valence-electron chi connectivity index (χ1n) is 9.89. The average Bonchev–Trinajstić information content (AvgIpc) is 2.78. The Bertz CT molecular complexity index is 987. The van der Waals surface area contributed by atoms with Gasteiger partial charge in [-0.3, -0.25) is 0 Å². The molecule has 3 aromatic carbocycles. The summed E-state index contributed by atoms with van der Waals surface area (Å²) in [6.45, 7) is -0.0511. The highest BCUT2D eigenvalue weighted by Crippen LogP contribution is 2.45. The Morgan fingerprint density at radius 2 is 1.72 bits per heavy atom. The molecule has 0 bridgehead atoms. The molecule has 4 rings (SSSR count). The lowest BCUT2D eigenvalue weighted by molar-refractivity contribution is 0.101. The van der Waals surface area contributed by atoms with Crippen LogP contribution in [0.4, 0.5) is 4.39 Å². The molecule has 0 saturated carbocycles. The van der Waals surface area contributed by atoms with Crippen LogP contribution >= 0.6 is 0 Å². The maximum atomic E-state index is 14.0. The topological polar surface area (TPSA) is 49.7 Å². The van der Waals surface area contributed by atoms with Gasteiger partial charge in [0.1, 0.15) is 0 Å². The van der Waals surface area contributed by atoms with Crippen molar-refractivity contribution < 1.29 is 19.3 Å². The van der Waals surface area contributed by atoms with Gasteiger partial charge >= 0.3 is 0 Å². The van der Waals surface area contributed by atoms with E-state index in [2.05, 4.69) is 30.3 Å². The van der Waals surface area contributed by atoms with Crippen LogP contribution in [-0.4, -0.2) is 30.5 Å². The highest BCUT2D eigenvalue weighted by Gasteiger charge is 2.37. The Labute approximate surface area is 170 Å². The van der Waals surface area contributed by atoms with Crippen molar-refractivity contribution in [1.82, 2.24) is 0 Å². The van der Waals surface area contributed by atoms with Crippen molar-refractivity contribution in [2.45, 2.75) is 12.3 Å². The van der Waals surface area contributed by atoms with Crippen LogP contribution in [0.2, 0.25) is 0 Å². The van der Waals surface area contributed by atoms with Gasteiger partial charge in [-0.15, -0.1) is 0 Å². The van der Waals surface area contributed by atoms with Crippen LogP contribution in [0.1, 0.15) is 22.6 Å². The molecule has 0 amide bonds. The van der Waals surface area contributed by atoms with Gasteiger partial charge < -0.3 is 14.9 Å². The molecule has 0 aromatic heterocycles. The normalized spacial score (nSPS) is 20.9. The molecule has 4 heteroatoms. The predicted molar refractivity (Wildman–Crippen MR) is 112 cm³/mol. The van der Waals surface area contributed by atoms with Crippen LogP contribution < -0.4 is 4.74 Å². The summed E-state index contributed by atoms with van der Waals surface area (Å²) < 4.78 is 19.2. The third kappa shape index (κ3) is 3.66. The van der Waals surface area contributed by atoms with Gasteiger partial charge in [-0.25, -0.2) is 4.39 Å². The van der Waals surface area contributed by atoms with Gasteiger partial charge in [0.2, 0.25) is 0 Å². The van der Waals surface area contributed by atoms with Crippen molar-refractivity contribution in [2.24, 2.45) is 11.8 Å². The van der Waals surface area contributed by atoms with Crippen molar-refractivity contribution in [1.29, 1.82) is 0 Å². The van der Waals surface area contributed by atoms with Gasteiger partial charge in [-0.05, 0) is 58.2 Å². The molecular weight excluding hydrogens is 367 g/mol. The number of ether oxygens (including phenoxy) is 1. The molecule has 0 saturated heterocycles. The average molecular weight is 392 g/mol. The van der Waals surface area contributed by atoms with E-state index in [4.69, 9.17) is 4.74 Å². The lowest BCUT2D eigenvalue weighted by atomic mass is 9.66. The highest BCUT2D eigenvalue weighted by molar-refractivity contribution is 5.66. The summed E-state index contributed by atoms with van der Waals surface area (Å²) >= 11 is 0. The molecule has 0 unspecified atom stereocenters. The number of methoxy groups -OCH3 is 1. The minimum atomic E-state index is -0.412. The Morgan fingerprint density at radius 3 is 2.41 bits per heavy atom. The number of rotatable bonds is 5. The molecule has 150 valence electrons. The molecule has 0 fully saturated rings. The quantitative estimate of drug-likeness (QED) is 0.676. The molecule has 0 radical (unpaired) electrons. The van der Waals surface area contributed by atoms with E-state index in [1.165, 1.54) is 13.2 Å². The van der Waals surface area contributed by atoms with Crippen LogP contribution in [-0.2, 0) is 6.42 Å². The van der Waals surface area contributed by atoms with Gasteiger partial charge in [0.15, 0.2) is 11.6 Å². The zero-order chi connectivity index (χ0) is 20.4. The van der Waals surface area contributed by atoms with Crippen molar-refractivity contribution in [2.75, 3.05) is 20.3 Å². The Hall–Kier alpha value is -2.69. The van der Waals surface area contributed by atoms with Crippen LogP contribution in [0.15, 0.2) is 66.7 Å². The molecule has 0 spiro atoms. The minimum absolute atomic E-state index is 0.0000665. The molecule has 3 atom stereocenters. The highest BCUT2D eigenvalue weighted by atomic mass is 19.1. The number of fused-ring (bicyclic) bond motifs is 1. The molecule has 1 aliphatic carbocycles. The first kappa shape index (κ1) is 19.6. The first-order valence-corrected chi connectivity index (χ1v) is 9.89. The molecule has 0 heterocycles. The van der Waals surface area contributed by atoms with E-state index in [1.807, 2.05) is 18.2 Å². The lowest BCUT2D eigenvalue weighted by Gasteiger charge is -2.39. The minimum Gasteiger partial charge on any atom is -0.494 e. The first-order chi connectivity index (χ1) is 14.2. The number of halogens is 1. The van der Waals surface area contributed by atoms with E-state index in [-0.39, 0.29) is 36.7 Å². The summed E-state index contributed by atoms with van der Waals surface area (Å²) in [5.41, 5.74) is 5.37. The van der Waals surface area contributed by atoms with E-state index < -0.39 is 5.82 Å². The zero-order valence-corrected chi connectivity index (χ0v) is 16.4. The molecule has 0 aliphatic heterocycles. The van der Waals surface area contributed by atoms with Gasteiger partial charge in [0, 0.05) is 19.1 Å². The fourth-order valence-corrected chi connectivity index (χ4v) is 4.57. The van der Waals surface area contributed by atoms with E-state index >= 15 is 0 Å². The number of aliphatic hydroxyl groups excluding tert-OH is 2. The van der Waals surface area contributed by atoms with Gasteiger partial charge in [-0.1, -0.05) is 54.6 Å². The van der Waals surface area contributed by atoms with Crippen LogP contribution in [0, 0.1) is 17.7 Å². The lowest BCUT2D eigenvalue weighted by Crippen LogP contribution is -2.35. The zero-order valence-electron chi connectivity index (χ0n) is 16.4. The van der Waals surface area contributed by atoms with Gasteiger partial charge in [0.05, 0.1) is 7.11 Å². The standard InChI is InChI=1S/C25H25FO3/c1-29-24-13-19(9-10-23(24)26)25-21-12-17(16-5-3-2-4-6-16)7-8-18(21)11-20(14-27)22(25)15-28/h2-10,12-13,20,22,25,27-28H,11,14-15H2,1H3/t20-,22-,25-/m1/s1. The number of hydrogen-bond donors (Lipinski definition) is 2. The van der Waals surface area contributed by atoms with E-state index in [0.717, 1.165) is 27.8 Å². The largest absolute Gasteiger partial charge is 0.494 e. The maximum absolute atomic E-state index is 14.0. The van der Waals surface area contributed by atoms with Crippen molar-refractivity contribution in [3.63, 3.8) is 0 Å². The fourth-order valence-electron chi connectivity index (χ4n) is 4.57. The molecule has 3 aromatic rings. The number of benzene rings is 3. The van der Waals surface area contributed by atoms with E-state index in [9.17, 15) is 14.6 Å². The Balaban J connectivity index is 1.88. The fraction of sp³-hybridized carbons (Fsp3) is 0.280. The molecular formula is C25H25FO3. The summed E-state index contributed by atoms with van der Waals surface area (Å²) in [6.07, 6.45) is 0.709. The summed E-state index contributed by atoms with van der Waals surface area (Å²) in [5, 5.41) is 20.2. The second kappa shape index (κ2) is 8.36. The Kier molecular flexibility index (Phi) is 5.65. The summed E-state index contributed by atoms with van der Waals surface area (Å²) in [4.78, 5) is 0. The van der Waals surface area contributed by atoms with Gasteiger partial charge in [0.25, 0.3) is 0 Å². The monoisotopic (exact) mass is 392 g/mol. The van der Waals surface area contributed by atoms with E-state index in [0.29, 0.717) is 6.42 Å². The maximum Gasteiger partial charge on any atom is 0.165 e. The molecule has 3 nitrogen and oxygen atoms in total. The summed E-state index contributed by atoms with van der Waals surface area (Å²) in [7, 11) is 1.45. The molecule has 2 N–H and O–H groups in total. The van der Waals surface area contributed by atoms with Gasteiger partial charge in [-0.2, -0.15) is 0 Å². The smallest absolute Gasteiger partial charge is 0.165 e. The second-order valence-electron chi connectivity index (χ2n) is 7.64. The van der Waals surface area contributed by atoms with Crippen molar-refractivity contribution in [3.05, 3.63) is 89.2 Å². The second-order valence-corrected chi connectivity index (χ2v) is 7.64. The number of hydrogen-bond acceptors (Lipinski definition) is 3. The Morgan fingerprint density at radius 1 is 0.931 bits per heavy atom. The predicted octanol–water partition coefficient (Wildman–Crippen LogP) is 4.41. The van der Waals surface area contributed by atoms with Crippen LogP contribution in [0.5, 0.6) is 5.75 Å². The summed E-state index contributed by atoms with van der Waals surface area (Å²) in [5.74, 6) is -0.598. The van der Waals surface area contributed by atoms with Crippen molar-refractivity contribution >= 4 is 0 Å². The number of aliphatic hydroxyl groups is 2.